The number of unbranched alkanes of at least 4 members (excludes halogenated alkanes) is 41. The lowest BCUT2D eigenvalue weighted by molar-refractivity contribution is -0.167. The minimum absolute atomic E-state index is 0.0709. The van der Waals surface area contributed by atoms with Crippen LogP contribution in [-0.4, -0.2) is 37.2 Å². The fourth-order valence-electron chi connectivity index (χ4n) is 9.08. The van der Waals surface area contributed by atoms with Gasteiger partial charge < -0.3 is 14.2 Å². The van der Waals surface area contributed by atoms with E-state index in [1.54, 1.807) is 0 Å². The van der Waals surface area contributed by atoms with E-state index >= 15 is 0 Å². The van der Waals surface area contributed by atoms with Crippen LogP contribution in [0.25, 0.3) is 0 Å². The summed E-state index contributed by atoms with van der Waals surface area (Å²) in [5, 5.41) is 0. The molecule has 0 heterocycles. The Morgan fingerprint density at radius 2 is 0.485 bits per heavy atom. The second kappa shape index (κ2) is 57.5. The molecule has 0 amide bonds. The van der Waals surface area contributed by atoms with Crippen molar-refractivity contribution >= 4 is 17.9 Å². The van der Waals surface area contributed by atoms with E-state index in [1.807, 2.05) is 0 Å². The Balaban J connectivity index is 4.33. The third-order valence-corrected chi connectivity index (χ3v) is 13.7. The van der Waals surface area contributed by atoms with Gasteiger partial charge in [0.1, 0.15) is 13.2 Å². The lowest BCUT2D eigenvalue weighted by atomic mass is 10.0. The van der Waals surface area contributed by atoms with Crippen LogP contribution in [0.15, 0.2) is 24.3 Å². The first-order valence-electron chi connectivity index (χ1n) is 30.3. The monoisotopic (exact) mass is 957 g/mol. The molecule has 0 unspecified atom stereocenters. The molecular formula is C62H116O6. The van der Waals surface area contributed by atoms with E-state index in [2.05, 4.69) is 45.1 Å². The van der Waals surface area contributed by atoms with Crippen molar-refractivity contribution in [1.29, 1.82) is 0 Å². The highest BCUT2D eigenvalue weighted by Gasteiger charge is 2.19. The molecule has 6 nitrogen and oxygen atoms in total. The Morgan fingerprint density at radius 1 is 0.279 bits per heavy atom. The summed E-state index contributed by atoms with van der Waals surface area (Å²) in [6.45, 7) is 6.68. The number of rotatable bonds is 56. The molecule has 0 radical (unpaired) electrons. The van der Waals surface area contributed by atoms with E-state index < -0.39 is 6.10 Å². The summed E-state index contributed by atoms with van der Waals surface area (Å²) in [5.74, 6) is -0.861. The number of esters is 3. The Kier molecular flexibility index (Phi) is 55.7. The van der Waals surface area contributed by atoms with Gasteiger partial charge in [-0.3, -0.25) is 14.4 Å². The van der Waals surface area contributed by atoms with Crippen molar-refractivity contribution in [3.63, 3.8) is 0 Å². The molecular weight excluding hydrogens is 841 g/mol. The molecule has 0 aliphatic rings. The molecule has 0 aromatic carbocycles. The van der Waals surface area contributed by atoms with Crippen molar-refractivity contribution in [3.8, 4) is 0 Å². The lowest BCUT2D eigenvalue weighted by Gasteiger charge is -2.18. The van der Waals surface area contributed by atoms with Gasteiger partial charge in [-0.2, -0.15) is 0 Å². The van der Waals surface area contributed by atoms with Crippen molar-refractivity contribution in [2.24, 2.45) is 0 Å². The highest BCUT2D eigenvalue weighted by Crippen LogP contribution is 2.17. The summed E-state index contributed by atoms with van der Waals surface area (Å²) >= 11 is 0. The number of hydrogen-bond acceptors (Lipinski definition) is 6. The fourth-order valence-corrected chi connectivity index (χ4v) is 9.08. The summed E-state index contributed by atoms with van der Waals surface area (Å²) in [7, 11) is 0. The van der Waals surface area contributed by atoms with Crippen LogP contribution in [-0.2, 0) is 28.6 Å². The number of hydrogen-bond donors (Lipinski definition) is 0. The Labute approximate surface area is 423 Å². The zero-order valence-corrected chi connectivity index (χ0v) is 45.9. The molecule has 1 atom stereocenters. The Bertz CT molecular complexity index is 1100. The van der Waals surface area contributed by atoms with Crippen LogP contribution in [0.1, 0.15) is 335 Å². The number of carbonyl (C=O) groups excluding carboxylic acids is 3. The van der Waals surface area contributed by atoms with Gasteiger partial charge >= 0.3 is 17.9 Å². The van der Waals surface area contributed by atoms with E-state index in [1.165, 1.54) is 231 Å². The molecule has 0 fully saturated rings. The lowest BCUT2D eigenvalue weighted by Crippen LogP contribution is -2.30. The SMILES string of the molecule is CCCCCCCC/C=C\CCCCCCCCCC(=O)O[C@H](COC(=O)CCCCCCC/C=C\CCCCCCCC)COC(=O)CCCCCCCCCCCCCCCCCCCC. The first kappa shape index (κ1) is 65.9. The summed E-state index contributed by atoms with van der Waals surface area (Å²) in [4.78, 5) is 38.2. The molecule has 0 saturated heterocycles. The molecule has 400 valence electrons. The predicted molar refractivity (Wildman–Crippen MR) is 293 cm³/mol. The average molecular weight is 958 g/mol. The molecule has 68 heavy (non-hydrogen) atoms. The van der Waals surface area contributed by atoms with Gasteiger partial charge in [0.25, 0.3) is 0 Å². The van der Waals surface area contributed by atoms with Gasteiger partial charge in [-0.1, -0.05) is 270 Å². The average Bonchev–Trinajstić information content (AvgIpc) is 3.34. The van der Waals surface area contributed by atoms with Crippen molar-refractivity contribution in [2.45, 2.75) is 341 Å². The highest BCUT2D eigenvalue weighted by atomic mass is 16.6. The summed E-state index contributed by atoms with van der Waals surface area (Å²) < 4.78 is 16.9. The minimum atomic E-state index is -0.773. The summed E-state index contributed by atoms with van der Waals surface area (Å²) in [6.07, 6.45) is 67.4. The Morgan fingerprint density at radius 3 is 0.735 bits per heavy atom. The zero-order valence-electron chi connectivity index (χ0n) is 45.9. The van der Waals surface area contributed by atoms with Crippen molar-refractivity contribution < 1.29 is 28.6 Å². The van der Waals surface area contributed by atoms with Gasteiger partial charge in [0.2, 0.25) is 0 Å². The zero-order chi connectivity index (χ0) is 49.3. The van der Waals surface area contributed by atoms with Gasteiger partial charge in [0, 0.05) is 19.3 Å². The van der Waals surface area contributed by atoms with E-state index in [4.69, 9.17) is 14.2 Å². The first-order valence-corrected chi connectivity index (χ1v) is 30.3. The van der Waals surface area contributed by atoms with Crippen molar-refractivity contribution in [1.82, 2.24) is 0 Å². The van der Waals surface area contributed by atoms with E-state index in [0.717, 1.165) is 64.2 Å². The van der Waals surface area contributed by atoms with Crippen LogP contribution in [0.5, 0.6) is 0 Å². The van der Waals surface area contributed by atoms with Crippen LogP contribution < -0.4 is 0 Å². The summed E-state index contributed by atoms with van der Waals surface area (Å²) in [5.41, 5.74) is 0. The smallest absolute Gasteiger partial charge is 0.306 e. The number of ether oxygens (including phenoxy) is 3. The molecule has 0 bridgehead atoms. The Hall–Kier alpha value is -2.11. The van der Waals surface area contributed by atoms with Crippen LogP contribution in [0.3, 0.4) is 0 Å². The summed E-state index contributed by atoms with van der Waals surface area (Å²) in [6, 6.07) is 0. The first-order chi connectivity index (χ1) is 33.5. The van der Waals surface area contributed by atoms with Gasteiger partial charge in [-0.15, -0.1) is 0 Å². The van der Waals surface area contributed by atoms with Crippen molar-refractivity contribution in [2.75, 3.05) is 13.2 Å². The van der Waals surface area contributed by atoms with Crippen LogP contribution in [0, 0.1) is 0 Å². The van der Waals surface area contributed by atoms with Crippen LogP contribution in [0.2, 0.25) is 0 Å². The quantitative estimate of drug-likeness (QED) is 0.0262. The number of allylic oxidation sites excluding steroid dienone is 4. The molecule has 0 saturated carbocycles. The second-order valence-electron chi connectivity index (χ2n) is 20.6. The maximum absolute atomic E-state index is 12.9. The van der Waals surface area contributed by atoms with Crippen LogP contribution >= 0.6 is 0 Å². The standard InChI is InChI=1S/C62H116O6/c1-4-7-10-13-16-19-22-25-28-30-32-34-37-40-43-46-49-52-55-61(64)67-58-59(57-66-60(63)54-51-48-45-42-39-36-33-27-24-21-18-15-12-9-6-3)68-62(65)56-53-50-47-44-41-38-35-31-29-26-23-20-17-14-11-8-5-2/h26-27,29,33,59H,4-25,28,30-32,34-58H2,1-3H3/b29-26-,33-27-/t59-/m1/s1. The van der Waals surface area contributed by atoms with Gasteiger partial charge in [0.15, 0.2) is 6.10 Å². The number of carbonyl (C=O) groups is 3. The van der Waals surface area contributed by atoms with Gasteiger partial charge in [0.05, 0.1) is 0 Å². The normalized spacial score (nSPS) is 12.1. The highest BCUT2D eigenvalue weighted by molar-refractivity contribution is 5.71. The molecule has 0 aliphatic heterocycles. The maximum atomic E-state index is 12.9. The largest absolute Gasteiger partial charge is 0.462 e. The molecule has 0 aromatic heterocycles. The molecule has 0 spiro atoms. The van der Waals surface area contributed by atoms with E-state index in [9.17, 15) is 14.4 Å². The maximum Gasteiger partial charge on any atom is 0.306 e. The topological polar surface area (TPSA) is 78.9 Å². The third-order valence-electron chi connectivity index (χ3n) is 13.7. The van der Waals surface area contributed by atoms with E-state index in [0.29, 0.717) is 19.3 Å². The fraction of sp³-hybridized carbons (Fsp3) is 0.887. The minimum Gasteiger partial charge on any atom is -0.462 e. The molecule has 0 aromatic rings. The third kappa shape index (κ3) is 54.8. The van der Waals surface area contributed by atoms with Gasteiger partial charge in [-0.25, -0.2) is 0 Å². The molecule has 0 aliphatic carbocycles. The molecule has 6 heteroatoms. The van der Waals surface area contributed by atoms with Crippen LogP contribution in [0.4, 0.5) is 0 Å². The van der Waals surface area contributed by atoms with Crippen molar-refractivity contribution in [3.05, 3.63) is 24.3 Å². The predicted octanol–water partition coefficient (Wildman–Crippen LogP) is 20.3. The second-order valence-corrected chi connectivity index (χ2v) is 20.6. The van der Waals surface area contributed by atoms with E-state index in [-0.39, 0.29) is 31.1 Å². The molecule has 0 rings (SSSR count). The van der Waals surface area contributed by atoms with Gasteiger partial charge in [-0.05, 0) is 70.6 Å². The molecule has 0 N–H and O–H groups in total.